The van der Waals surface area contributed by atoms with E-state index in [0.29, 0.717) is 55.2 Å². The van der Waals surface area contributed by atoms with Crippen LogP contribution < -0.4 is 11.1 Å². The number of amides is 2. The summed E-state index contributed by atoms with van der Waals surface area (Å²) in [5, 5.41) is 3.79. The number of hydrogen-bond donors (Lipinski definition) is 2. The first-order valence-corrected chi connectivity index (χ1v) is 17.1. The van der Waals surface area contributed by atoms with E-state index in [1.54, 1.807) is 24.3 Å². The monoisotopic (exact) mass is 627 g/mol. The number of hydrogen-bond acceptors (Lipinski definition) is 7. The Morgan fingerprint density at radius 3 is 2.56 bits per heavy atom. The van der Waals surface area contributed by atoms with Crippen molar-refractivity contribution in [1.82, 2.24) is 4.90 Å². The van der Waals surface area contributed by atoms with E-state index in [0.717, 1.165) is 44.9 Å². The highest BCUT2D eigenvalue weighted by Gasteiger charge is 2.47. The highest BCUT2D eigenvalue weighted by Crippen LogP contribution is 2.41. The Bertz CT molecular complexity index is 1290. The molecule has 2 heterocycles. The zero-order valence-corrected chi connectivity index (χ0v) is 26.6. The zero-order valence-electron chi connectivity index (χ0n) is 26.6. The van der Waals surface area contributed by atoms with Gasteiger partial charge in [0, 0.05) is 49.2 Å². The quantitative estimate of drug-likeness (QED) is 0.199. The molecule has 5 rings (SSSR count). The summed E-state index contributed by atoms with van der Waals surface area (Å²) in [5.74, 6) is 0.160. The molecule has 2 aromatic rings. The number of halogens is 1. The second kappa shape index (κ2) is 16.0. The minimum Gasteiger partial charge on any atom is -0.460 e. The van der Waals surface area contributed by atoms with Crippen molar-refractivity contribution >= 4 is 34.4 Å². The van der Waals surface area contributed by atoms with Crippen molar-refractivity contribution < 1.29 is 32.7 Å². The van der Waals surface area contributed by atoms with Gasteiger partial charge in [0.1, 0.15) is 11.6 Å². The number of furan rings is 1. The van der Waals surface area contributed by atoms with Crippen molar-refractivity contribution in [2.45, 2.75) is 96.1 Å². The molecule has 3 fully saturated rings. The molecule has 3 aliphatic rings. The number of carbonyl (C=O) groups is 3. The first-order valence-electron chi connectivity index (χ1n) is 17.1. The first kappa shape index (κ1) is 33.4. The fraction of sp³-hybridized carbons (Fsp3) is 0.686. The lowest BCUT2D eigenvalue weighted by atomic mass is 9.76. The van der Waals surface area contributed by atoms with Crippen LogP contribution >= 0.6 is 0 Å². The molecule has 1 aromatic carbocycles. The Kier molecular flexibility index (Phi) is 11.9. The molecule has 9 nitrogen and oxygen atoms in total. The maximum atomic E-state index is 14.1. The van der Waals surface area contributed by atoms with Crippen LogP contribution in [-0.2, 0) is 19.1 Å². The van der Waals surface area contributed by atoms with Gasteiger partial charge in [-0.2, -0.15) is 0 Å². The van der Waals surface area contributed by atoms with Gasteiger partial charge >= 0.3 is 5.97 Å². The third-order valence-electron chi connectivity index (χ3n) is 10.3. The third kappa shape index (κ3) is 8.25. The Hall–Kier alpha value is -2.98. The molecule has 0 radical (unpaired) electrons. The Labute approximate surface area is 265 Å². The smallest absolute Gasteiger partial charge is 0.374 e. The second-order valence-corrected chi connectivity index (χ2v) is 13.1. The van der Waals surface area contributed by atoms with Gasteiger partial charge < -0.3 is 29.8 Å². The maximum Gasteiger partial charge on any atom is 0.374 e. The summed E-state index contributed by atoms with van der Waals surface area (Å²) < 4.78 is 29.2. The zero-order chi connectivity index (χ0) is 31.8. The number of ether oxygens (including phenoxy) is 2. The van der Waals surface area contributed by atoms with E-state index in [4.69, 9.17) is 19.6 Å². The number of alkyl halides is 1. The molecular weight excluding hydrogens is 577 g/mol. The van der Waals surface area contributed by atoms with E-state index in [-0.39, 0.29) is 48.0 Å². The largest absolute Gasteiger partial charge is 0.460 e. The summed E-state index contributed by atoms with van der Waals surface area (Å²) in [6.07, 6.45) is 10.7. The van der Waals surface area contributed by atoms with Crippen LogP contribution in [0.25, 0.3) is 11.0 Å². The fourth-order valence-corrected chi connectivity index (χ4v) is 7.83. The maximum absolute atomic E-state index is 14.1. The first-order chi connectivity index (χ1) is 21.9. The lowest BCUT2D eigenvalue weighted by molar-refractivity contribution is -0.142. The highest BCUT2D eigenvalue weighted by atomic mass is 19.1. The lowest BCUT2D eigenvalue weighted by Crippen LogP contribution is -2.50. The third-order valence-corrected chi connectivity index (χ3v) is 10.3. The van der Waals surface area contributed by atoms with Crippen LogP contribution in [0.3, 0.4) is 0 Å². The van der Waals surface area contributed by atoms with Crippen molar-refractivity contribution in [3.8, 4) is 0 Å². The van der Waals surface area contributed by atoms with Gasteiger partial charge in [0.15, 0.2) is 0 Å². The molecule has 1 saturated heterocycles. The van der Waals surface area contributed by atoms with Crippen LogP contribution in [0, 0.1) is 23.7 Å². The summed E-state index contributed by atoms with van der Waals surface area (Å²) in [4.78, 5) is 42.4. The van der Waals surface area contributed by atoms with E-state index < -0.39 is 18.7 Å². The summed E-state index contributed by atoms with van der Waals surface area (Å²) in [6.45, 7) is 3.48. The molecule has 45 heavy (non-hydrogen) atoms. The molecule has 2 aliphatic carbocycles. The Balaban J connectivity index is 1.26. The van der Waals surface area contributed by atoms with Gasteiger partial charge in [-0.3, -0.25) is 14.0 Å². The number of carbonyl (C=O) groups excluding carboxylic acids is 3. The minimum atomic E-state index is -0.540. The molecule has 3 atom stereocenters. The van der Waals surface area contributed by atoms with Gasteiger partial charge in [-0.05, 0) is 87.5 Å². The van der Waals surface area contributed by atoms with Crippen LogP contribution in [0.15, 0.2) is 28.7 Å². The van der Waals surface area contributed by atoms with E-state index in [2.05, 4.69) is 5.32 Å². The van der Waals surface area contributed by atoms with Gasteiger partial charge in [0.25, 0.3) is 0 Å². The van der Waals surface area contributed by atoms with Crippen molar-refractivity contribution in [3.63, 3.8) is 0 Å². The number of rotatable bonds is 13. The SMILES string of the molecule is CCOCCCOC(=O)c1cc2cc(NC(=O)[C@@H]3[C@H](C4CCCCC4)CCN3C(=O)[C@H]3CC[C@H]([C@H](N)CCF)CC3)ccc2o1. The van der Waals surface area contributed by atoms with Gasteiger partial charge in [-0.1, -0.05) is 32.1 Å². The topological polar surface area (TPSA) is 124 Å². The normalized spacial score (nSPS) is 24.9. The molecule has 2 saturated carbocycles. The number of nitrogens with zero attached hydrogens (tertiary/aromatic N) is 1. The molecule has 1 aromatic heterocycles. The fourth-order valence-electron chi connectivity index (χ4n) is 7.83. The van der Waals surface area contributed by atoms with Crippen LogP contribution in [0.1, 0.15) is 94.5 Å². The molecule has 2 amide bonds. The molecule has 10 heteroatoms. The summed E-state index contributed by atoms with van der Waals surface area (Å²) in [5.41, 5.74) is 7.32. The van der Waals surface area contributed by atoms with Crippen molar-refractivity contribution in [3.05, 3.63) is 30.0 Å². The molecule has 0 bridgehead atoms. The number of anilines is 1. The minimum absolute atomic E-state index is 0.0701. The van der Waals surface area contributed by atoms with Crippen molar-refractivity contribution in [2.24, 2.45) is 29.4 Å². The van der Waals surface area contributed by atoms with E-state index in [9.17, 15) is 18.8 Å². The molecule has 3 N–H and O–H groups in total. The number of benzene rings is 1. The van der Waals surface area contributed by atoms with E-state index in [1.807, 2.05) is 11.8 Å². The van der Waals surface area contributed by atoms with Crippen LogP contribution in [0.4, 0.5) is 10.1 Å². The number of nitrogens with two attached hydrogens (primary N) is 1. The number of likely N-dealkylation sites (tertiary alicyclic amines) is 1. The van der Waals surface area contributed by atoms with E-state index in [1.165, 1.54) is 19.3 Å². The summed E-state index contributed by atoms with van der Waals surface area (Å²) in [7, 11) is 0. The van der Waals surface area contributed by atoms with Crippen LogP contribution in [0.2, 0.25) is 0 Å². The lowest BCUT2D eigenvalue weighted by Gasteiger charge is -2.37. The Morgan fingerprint density at radius 2 is 1.82 bits per heavy atom. The summed E-state index contributed by atoms with van der Waals surface area (Å²) in [6, 6.07) is 6.24. The molecule has 248 valence electrons. The van der Waals surface area contributed by atoms with Crippen LogP contribution in [0.5, 0.6) is 0 Å². The van der Waals surface area contributed by atoms with Crippen LogP contribution in [-0.4, -0.2) is 67.8 Å². The van der Waals surface area contributed by atoms with E-state index >= 15 is 0 Å². The van der Waals surface area contributed by atoms with Gasteiger partial charge in [-0.25, -0.2) is 4.79 Å². The number of esters is 1. The average Bonchev–Trinajstić information content (AvgIpc) is 3.70. The standard InChI is InChI=1S/C35H50FN3O6/c1-2-43-19-6-20-44-35(42)31-22-26-21-27(13-14-30(26)45-31)38-33(40)32-28(23-7-4-3-5-8-23)16-18-39(32)34(41)25-11-9-24(10-12-25)29(37)15-17-36/h13-14,21-25,28-29,32H,2-12,15-20,37H2,1H3,(H,38,40)/t24-,25-,28-,29+,32-/m0/s1. The Morgan fingerprint density at radius 1 is 1.04 bits per heavy atom. The molecule has 1 aliphatic heterocycles. The van der Waals surface area contributed by atoms with Crippen molar-refractivity contribution in [1.29, 1.82) is 0 Å². The van der Waals surface area contributed by atoms with Crippen molar-refractivity contribution in [2.75, 3.05) is 38.4 Å². The molecular formula is C35H50FN3O6. The van der Waals surface area contributed by atoms with Gasteiger partial charge in [0.05, 0.1) is 13.3 Å². The molecule has 0 spiro atoms. The van der Waals surface area contributed by atoms with Gasteiger partial charge in [0.2, 0.25) is 17.6 Å². The number of nitrogens with one attached hydrogen (secondary N) is 1. The number of fused-ring (bicyclic) bond motifs is 1. The highest BCUT2D eigenvalue weighted by molar-refractivity contribution is 6.00. The average molecular weight is 628 g/mol. The predicted octanol–water partition coefficient (Wildman–Crippen LogP) is 6.25. The predicted molar refractivity (Wildman–Crippen MR) is 170 cm³/mol. The second-order valence-electron chi connectivity index (χ2n) is 13.1. The van der Waals surface area contributed by atoms with Gasteiger partial charge in [-0.15, -0.1) is 0 Å². The molecule has 0 unspecified atom stereocenters. The summed E-state index contributed by atoms with van der Waals surface area (Å²) >= 11 is 0.